The van der Waals surface area contributed by atoms with E-state index in [2.05, 4.69) is 25.1 Å². The van der Waals surface area contributed by atoms with Crippen molar-refractivity contribution in [2.75, 3.05) is 65.7 Å². The summed E-state index contributed by atoms with van der Waals surface area (Å²) in [4.78, 5) is 39.5. The summed E-state index contributed by atoms with van der Waals surface area (Å²) < 4.78 is 23.0. The van der Waals surface area contributed by atoms with Crippen LogP contribution in [0.3, 0.4) is 0 Å². The molecule has 0 spiro atoms. The standard InChI is InChI=1S/C33H52N6O7S/c1-33(2,3)46-32(42)35-10-16-43-18-19-44-17-15-38-11-13-39(14-12-38)23-5-7-24(8-6-23)45-30-28-27-22(20-25(40)29(34)41)4-9-26(27)47-31(28)37-21-36-30/h21-25,40H,4-20H2,1-3H3,(H2,34,41)(H,35,42)/t22-,23?,24?,25-/m1/s1. The highest BCUT2D eigenvalue weighted by atomic mass is 32.1. The molecule has 262 valence electrons. The average Bonchev–Trinajstić information content (AvgIpc) is 3.60. The molecule has 1 saturated heterocycles. The average molecular weight is 677 g/mol. The number of aryl methyl sites for hydroxylation is 1. The van der Waals surface area contributed by atoms with Crippen LogP contribution in [0, 0.1) is 0 Å². The Morgan fingerprint density at radius 1 is 1.04 bits per heavy atom. The third-order valence-electron chi connectivity index (χ3n) is 9.22. The number of rotatable bonds is 15. The van der Waals surface area contributed by atoms with Crippen LogP contribution in [0.2, 0.25) is 0 Å². The number of aromatic nitrogens is 2. The summed E-state index contributed by atoms with van der Waals surface area (Å²) in [6.07, 6.45) is 6.39. The van der Waals surface area contributed by atoms with E-state index in [0.29, 0.717) is 51.3 Å². The first-order valence-corrected chi connectivity index (χ1v) is 17.9. The van der Waals surface area contributed by atoms with Crippen LogP contribution in [0.25, 0.3) is 10.2 Å². The number of carbonyl (C=O) groups is 2. The number of primary amides is 1. The first kappa shape index (κ1) is 35.7. The summed E-state index contributed by atoms with van der Waals surface area (Å²) in [6.45, 7) is 13.2. The van der Waals surface area contributed by atoms with Crippen molar-refractivity contribution in [2.45, 2.75) is 95.5 Å². The highest BCUT2D eigenvalue weighted by molar-refractivity contribution is 7.19. The molecular weight excluding hydrogens is 624 g/mol. The summed E-state index contributed by atoms with van der Waals surface area (Å²) in [5, 5.41) is 13.8. The molecule has 13 nitrogen and oxygen atoms in total. The number of hydrogen-bond acceptors (Lipinski definition) is 12. The molecule has 3 heterocycles. The number of thiophene rings is 1. The highest BCUT2D eigenvalue weighted by Gasteiger charge is 2.34. The Bertz CT molecular complexity index is 1320. The number of fused-ring (bicyclic) bond motifs is 3. The molecule has 0 unspecified atom stereocenters. The van der Waals surface area contributed by atoms with Crippen molar-refractivity contribution in [1.29, 1.82) is 0 Å². The number of hydrogen-bond donors (Lipinski definition) is 3. The molecule has 2 fully saturated rings. The van der Waals surface area contributed by atoms with Gasteiger partial charge in [-0.25, -0.2) is 14.8 Å². The lowest BCUT2D eigenvalue weighted by atomic mass is 9.91. The van der Waals surface area contributed by atoms with E-state index in [4.69, 9.17) is 24.7 Å². The van der Waals surface area contributed by atoms with E-state index in [1.54, 1.807) is 17.7 Å². The van der Waals surface area contributed by atoms with Gasteiger partial charge in [-0.15, -0.1) is 11.3 Å². The minimum atomic E-state index is -1.15. The molecule has 2 amide bonds. The van der Waals surface area contributed by atoms with Crippen molar-refractivity contribution >= 4 is 33.6 Å². The molecule has 0 radical (unpaired) electrons. The van der Waals surface area contributed by atoms with Crippen molar-refractivity contribution in [3.8, 4) is 5.88 Å². The molecule has 14 heteroatoms. The highest BCUT2D eigenvalue weighted by Crippen LogP contribution is 2.47. The number of amides is 2. The molecular formula is C33H52N6O7S. The number of nitrogens with two attached hydrogens (primary N) is 1. The number of nitrogens with zero attached hydrogens (tertiary/aromatic N) is 4. The number of aliphatic hydroxyl groups is 1. The van der Waals surface area contributed by atoms with Crippen LogP contribution in [0.1, 0.15) is 75.7 Å². The monoisotopic (exact) mass is 676 g/mol. The summed E-state index contributed by atoms with van der Waals surface area (Å²) in [5.41, 5.74) is 5.98. The van der Waals surface area contributed by atoms with Gasteiger partial charge in [-0.05, 0) is 77.2 Å². The van der Waals surface area contributed by atoms with Crippen molar-refractivity contribution in [2.24, 2.45) is 5.73 Å². The molecule has 5 rings (SSSR count). The zero-order valence-corrected chi connectivity index (χ0v) is 28.9. The maximum atomic E-state index is 11.6. The minimum absolute atomic E-state index is 0.0517. The molecule has 0 bridgehead atoms. The first-order chi connectivity index (χ1) is 22.6. The second kappa shape index (κ2) is 16.7. The fraction of sp³-hybridized carbons (Fsp3) is 0.758. The van der Waals surface area contributed by atoms with Gasteiger partial charge in [-0.1, -0.05) is 0 Å². The second-order valence-corrected chi connectivity index (χ2v) is 14.9. The third kappa shape index (κ3) is 10.2. The zero-order valence-electron chi connectivity index (χ0n) is 28.1. The molecule has 2 aliphatic carbocycles. The Morgan fingerprint density at radius 2 is 1.77 bits per heavy atom. The van der Waals surface area contributed by atoms with Gasteiger partial charge < -0.3 is 35.1 Å². The topological polar surface area (TPSA) is 162 Å². The van der Waals surface area contributed by atoms with E-state index in [1.165, 1.54) is 4.88 Å². The van der Waals surface area contributed by atoms with Crippen molar-refractivity contribution in [3.63, 3.8) is 0 Å². The predicted molar refractivity (Wildman–Crippen MR) is 179 cm³/mol. The summed E-state index contributed by atoms with van der Waals surface area (Å²) >= 11 is 1.67. The smallest absolute Gasteiger partial charge is 0.407 e. The van der Waals surface area contributed by atoms with Gasteiger partial charge in [0.25, 0.3) is 0 Å². The van der Waals surface area contributed by atoms with Gasteiger partial charge in [0.1, 0.15) is 29.0 Å². The second-order valence-electron chi connectivity index (χ2n) is 13.8. The Balaban J connectivity index is 0.965. The van der Waals surface area contributed by atoms with Gasteiger partial charge >= 0.3 is 6.09 Å². The van der Waals surface area contributed by atoms with Gasteiger partial charge in [0.15, 0.2) is 0 Å². The zero-order chi connectivity index (χ0) is 33.4. The van der Waals surface area contributed by atoms with Crippen LogP contribution in [0.15, 0.2) is 6.33 Å². The van der Waals surface area contributed by atoms with E-state index < -0.39 is 23.7 Å². The molecule has 2 aromatic rings. The third-order valence-corrected chi connectivity index (χ3v) is 10.4. The Kier molecular flexibility index (Phi) is 12.6. The number of carbonyl (C=O) groups excluding carboxylic acids is 2. The van der Waals surface area contributed by atoms with Gasteiger partial charge in [-0.2, -0.15) is 0 Å². The van der Waals surface area contributed by atoms with Crippen LogP contribution in [-0.4, -0.2) is 126 Å². The van der Waals surface area contributed by atoms with E-state index in [0.717, 1.165) is 87.0 Å². The quantitative estimate of drug-likeness (QED) is 0.238. The van der Waals surface area contributed by atoms with E-state index >= 15 is 0 Å². The SMILES string of the molecule is CC(C)(C)OC(=O)NCCOCCOCCN1CCN(C2CCC(Oc3ncnc4sc5c(c34)[C@@H](C[C@@H](O)C(N)=O)CC5)CC2)CC1. The number of nitrogens with one attached hydrogen (secondary N) is 1. The van der Waals surface area contributed by atoms with E-state index in [-0.39, 0.29) is 12.0 Å². The first-order valence-electron chi connectivity index (χ1n) is 17.1. The maximum Gasteiger partial charge on any atom is 0.407 e. The number of piperazine rings is 1. The molecule has 3 aliphatic rings. The van der Waals surface area contributed by atoms with Gasteiger partial charge in [0, 0.05) is 50.2 Å². The summed E-state index contributed by atoms with van der Waals surface area (Å²) in [5.74, 6) is 0.00395. The van der Waals surface area contributed by atoms with Crippen LogP contribution < -0.4 is 15.8 Å². The van der Waals surface area contributed by atoms with Crippen molar-refractivity contribution < 1.29 is 33.6 Å². The fourth-order valence-corrected chi connectivity index (χ4v) is 8.08. The molecule has 1 saturated carbocycles. The Morgan fingerprint density at radius 3 is 2.47 bits per heavy atom. The summed E-state index contributed by atoms with van der Waals surface area (Å²) in [7, 11) is 0. The number of aliphatic hydroxyl groups excluding tert-OH is 1. The lowest BCUT2D eigenvalue weighted by Gasteiger charge is -2.41. The van der Waals surface area contributed by atoms with E-state index in [9.17, 15) is 14.7 Å². The van der Waals surface area contributed by atoms with Crippen LogP contribution >= 0.6 is 11.3 Å². The maximum absolute atomic E-state index is 11.6. The lowest BCUT2D eigenvalue weighted by Crippen LogP contribution is -2.52. The largest absolute Gasteiger partial charge is 0.474 e. The van der Waals surface area contributed by atoms with Crippen molar-refractivity contribution in [3.05, 3.63) is 16.8 Å². The predicted octanol–water partition coefficient (Wildman–Crippen LogP) is 2.82. The minimum Gasteiger partial charge on any atom is -0.474 e. The fourth-order valence-electron chi connectivity index (χ4n) is 6.84. The molecule has 2 atom stereocenters. The van der Waals surface area contributed by atoms with Gasteiger partial charge in [0.2, 0.25) is 11.8 Å². The summed E-state index contributed by atoms with van der Waals surface area (Å²) in [6, 6.07) is 0.575. The molecule has 4 N–H and O–H groups in total. The van der Waals surface area contributed by atoms with E-state index in [1.807, 2.05) is 20.8 Å². The molecule has 47 heavy (non-hydrogen) atoms. The van der Waals surface area contributed by atoms with Crippen LogP contribution in [-0.2, 0) is 25.4 Å². The number of alkyl carbamates (subject to hydrolysis) is 1. The Labute approximate surface area is 281 Å². The van der Waals surface area contributed by atoms with Crippen LogP contribution in [0.5, 0.6) is 5.88 Å². The van der Waals surface area contributed by atoms with Crippen LogP contribution in [0.4, 0.5) is 4.79 Å². The van der Waals surface area contributed by atoms with Gasteiger partial charge in [0.05, 0.1) is 31.8 Å². The Hall–Kier alpha value is -2.62. The lowest BCUT2D eigenvalue weighted by molar-refractivity contribution is -0.126. The molecule has 2 aromatic heterocycles. The van der Waals surface area contributed by atoms with Crippen molar-refractivity contribution in [1.82, 2.24) is 25.1 Å². The molecule has 1 aliphatic heterocycles. The molecule has 0 aromatic carbocycles. The number of ether oxygens (including phenoxy) is 4. The normalized spacial score (nSPS) is 23.0. The van der Waals surface area contributed by atoms with Gasteiger partial charge in [-0.3, -0.25) is 14.6 Å².